The van der Waals surface area contributed by atoms with Crippen molar-refractivity contribution >= 4 is 5.97 Å². The average Bonchev–Trinajstić information content (AvgIpc) is 2.35. The van der Waals surface area contributed by atoms with Crippen molar-refractivity contribution in [1.29, 1.82) is 0 Å². The normalized spacial score (nSPS) is 12.5. The van der Waals surface area contributed by atoms with E-state index >= 15 is 0 Å². The van der Waals surface area contributed by atoms with E-state index in [1.165, 1.54) is 7.11 Å². The largest absolute Gasteiger partial charge is 0.465 e. The minimum Gasteiger partial charge on any atom is -0.465 e. The van der Waals surface area contributed by atoms with Crippen molar-refractivity contribution in [3.63, 3.8) is 0 Å². The molecule has 0 bridgehead atoms. The number of nitrogens with one attached hydrogen (secondary N) is 1. The highest BCUT2D eigenvalue weighted by molar-refractivity contribution is 5.89. The maximum Gasteiger partial charge on any atom is 0.337 e. The number of hydrogen-bond acceptors (Lipinski definition) is 4. The Balaban J connectivity index is 2.63. The van der Waals surface area contributed by atoms with Crippen LogP contribution >= 0.6 is 0 Å². The average molecular weight is 237 g/mol. The highest BCUT2D eigenvalue weighted by atomic mass is 16.5. The molecule has 0 aromatic heterocycles. The number of ether oxygens (including phenoxy) is 1. The second-order valence-electron chi connectivity index (χ2n) is 4.19. The van der Waals surface area contributed by atoms with Crippen LogP contribution in [0.5, 0.6) is 0 Å². The first-order chi connectivity index (χ1) is 8.04. The van der Waals surface area contributed by atoms with E-state index < -0.39 is 6.10 Å². The van der Waals surface area contributed by atoms with Crippen LogP contribution in [0.15, 0.2) is 24.3 Å². The van der Waals surface area contributed by atoms with Gasteiger partial charge in [0.25, 0.3) is 0 Å². The van der Waals surface area contributed by atoms with Crippen LogP contribution in [0.2, 0.25) is 0 Å². The fraction of sp³-hybridized carbons (Fsp3) is 0.462. The molecule has 1 unspecified atom stereocenters. The van der Waals surface area contributed by atoms with Crippen LogP contribution in [0, 0.1) is 0 Å². The van der Waals surface area contributed by atoms with Gasteiger partial charge in [-0.3, -0.25) is 0 Å². The first-order valence-corrected chi connectivity index (χ1v) is 5.64. The van der Waals surface area contributed by atoms with Gasteiger partial charge in [0.2, 0.25) is 0 Å². The first-order valence-electron chi connectivity index (χ1n) is 5.64. The van der Waals surface area contributed by atoms with Gasteiger partial charge in [-0.15, -0.1) is 0 Å². The zero-order valence-electron chi connectivity index (χ0n) is 10.4. The van der Waals surface area contributed by atoms with E-state index in [9.17, 15) is 9.90 Å². The third kappa shape index (κ3) is 4.17. The quantitative estimate of drug-likeness (QED) is 0.762. The van der Waals surface area contributed by atoms with Crippen molar-refractivity contribution in [3.8, 4) is 0 Å². The topological polar surface area (TPSA) is 58.6 Å². The Morgan fingerprint density at radius 2 is 1.94 bits per heavy atom. The molecule has 0 saturated heterocycles. The summed E-state index contributed by atoms with van der Waals surface area (Å²) in [6, 6.07) is 7.11. The van der Waals surface area contributed by atoms with Gasteiger partial charge in [0.1, 0.15) is 0 Å². The van der Waals surface area contributed by atoms with E-state index in [0.717, 1.165) is 5.56 Å². The summed E-state index contributed by atoms with van der Waals surface area (Å²) in [5.74, 6) is -0.369. The molecule has 0 heterocycles. The lowest BCUT2D eigenvalue weighted by molar-refractivity contribution is 0.0600. The summed E-state index contributed by atoms with van der Waals surface area (Å²) in [4.78, 5) is 11.2. The van der Waals surface area contributed by atoms with E-state index in [1.807, 2.05) is 13.8 Å². The molecule has 0 amide bonds. The molecule has 1 aromatic rings. The maximum atomic E-state index is 11.2. The first kappa shape index (κ1) is 13.7. The van der Waals surface area contributed by atoms with E-state index in [-0.39, 0.29) is 5.97 Å². The minimum absolute atomic E-state index is 0.332. The van der Waals surface area contributed by atoms with Gasteiger partial charge in [-0.2, -0.15) is 0 Å². The molecule has 0 aliphatic heterocycles. The standard InChI is InChI=1S/C13H19NO3/c1-9(2)14-8-12(15)10-4-6-11(7-5-10)13(16)17-3/h4-7,9,12,14-15H,8H2,1-3H3. The third-order valence-electron chi connectivity index (χ3n) is 2.44. The Bertz CT molecular complexity index is 359. The monoisotopic (exact) mass is 237 g/mol. The summed E-state index contributed by atoms with van der Waals surface area (Å²) in [5.41, 5.74) is 1.27. The summed E-state index contributed by atoms with van der Waals surface area (Å²) in [7, 11) is 1.34. The molecule has 0 radical (unpaired) electrons. The third-order valence-corrected chi connectivity index (χ3v) is 2.44. The fourth-order valence-electron chi connectivity index (χ4n) is 1.42. The fourth-order valence-corrected chi connectivity index (χ4v) is 1.42. The molecule has 0 aliphatic carbocycles. The Morgan fingerprint density at radius 3 is 2.41 bits per heavy atom. The molecule has 94 valence electrons. The van der Waals surface area contributed by atoms with Crippen molar-refractivity contribution in [3.05, 3.63) is 35.4 Å². The molecule has 4 nitrogen and oxygen atoms in total. The van der Waals surface area contributed by atoms with Crippen molar-refractivity contribution < 1.29 is 14.6 Å². The Hall–Kier alpha value is -1.39. The number of aliphatic hydroxyl groups is 1. The second-order valence-corrected chi connectivity index (χ2v) is 4.19. The molecular formula is C13H19NO3. The van der Waals surface area contributed by atoms with Gasteiger partial charge in [0.05, 0.1) is 18.8 Å². The van der Waals surface area contributed by atoms with Crippen molar-refractivity contribution in [1.82, 2.24) is 5.32 Å². The minimum atomic E-state index is -0.566. The zero-order valence-corrected chi connectivity index (χ0v) is 10.4. The summed E-state index contributed by atoms with van der Waals surface area (Å²) in [5, 5.41) is 13.0. The number of aliphatic hydroxyl groups excluding tert-OH is 1. The van der Waals surface area contributed by atoms with E-state index in [2.05, 4.69) is 10.1 Å². The van der Waals surface area contributed by atoms with Gasteiger partial charge in [0.15, 0.2) is 0 Å². The van der Waals surface area contributed by atoms with E-state index in [1.54, 1.807) is 24.3 Å². The van der Waals surface area contributed by atoms with Crippen LogP contribution in [-0.4, -0.2) is 30.8 Å². The lowest BCUT2D eigenvalue weighted by Crippen LogP contribution is -2.27. The Morgan fingerprint density at radius 1 is 1.35 bits per heavy atom. The van der Waals surface area contributed by atoms with Crippen molar-refractivity contribution in [2.45, 2.75) is 26.0 Å². The second kappa shape index (κ2) is 6.37. The van der Waals surface area contributed by atoms with Crippen molar-refractivity contribution in [2.24, 2.45) is 0 Å². The van der Waals surface area contributed by atoms with E-state index in [0.29, 0.717) is 18.2 Å². The van der Waals surface area contributed by atoms with Crippen LogP contribution in [-0.2, 0) is 4.74 Å². The Labute approximate surface area is 102 Å². The number of carbonyl (C=O) groups excluding carboxylic acids is 1. The number of carbonyl (C=O) groups is 1. The summed E-state index contributed by atoms with van der Waals surface area (Å²) < 4.78 is 4.60. The molecule has 17 heavy (non-hydrogen) atoms. The van der Waals surface area contributed by atoms with Gasteiger partial charge in [0, 0.05) is 12.6 Å². The summed E-state index contributed by atoms with van der Waals surface area (Å²) in [6.45, 7) is 4.54. The van der Waals surface area contributed by atoms with Crippen LogP contribution in [0.4, 0.5) is 0 Å². The molecule has 0 fully saturated rings. The van der Waals surface area contributed by atoms with Crippen LogP contribution in [0.25, 0.3) is 0 Å². The molecular weight excluding hydrogens is 218 g/mol. The molecule has 0 aliphatic rings. The van der Waals surface area contributed by atoms with Crippen LogP contribution < -0.4 is 5.32 Å². The SMILES string of the molecule is COC(=O)c1ccc(C(O)CNC(C)C)cc1. The highest BCUT2D eigenvalue weighted by Crippen LogP contribution is 2.13. The maximum absolute atomic E-state index is 11.2. The number of rotatable bonds is 5. The van der Waals surface area contributed by atoms with E-state index in [4.69, 9.17) is 0 Å². The molecule has 1 atom stereocenters. The molecule has 2 N–H and O–H groups in total. The van der Waals surface area contributed by atoms with Gasteiger partial charge < -0.3 is 15.2 Å². The summed E-state index contributed by atoms with van der Waals surface area (Å²) in [6.07, 6.45) is -0.566. The number of methoxy groups -OCH3 is 1. The van der Waals surface area contributed by atoms with Gasteiger partial charge in [-0.25, -0.2) is 4.79 Å². The van der Waals surface area contributed by atoms with Gasteiger partial charge in [-0.05, 0) is 17.7 Å². The predicted molar refractivity (Wildman–Crippen MR) is 65.9 cm³/mol. The van der Waals surface area contributed by atoms with Crippen LogP contribution in [0.1, 0.15) is 35.9 Å². The lowest BCUT2D eigenvalue weighted by atomic mass is 10.1. The number of hydrogen-bond donors (Lipinski definition) is 2. The highest BCUT2D eigenvalue weighted by Gasteiger charge is 2.10. The smallest absolute Gasteiger partial charge is 0.337 e. The molecule has 1 rings (SSSR count). The molecule has 4 heteroatoms. The summed E-state index contributed by atoms with van der Waals surface area (Å²) >= 11 is 0. The molecule has 0 spiro atoms. The predicted octanol–water partition coefficient (Wildman–Crippen LogP) is 1.50. The van der Waals surface area contributed by atoms with Gasteiger partial charge >= 0.3 is 5.97 Å². The van der Waals surface area contributed by atoms with Crippen LogP contribution in [0.3, 0.4) is 0 Å². The van der Waals surface area contributed by atoms with Gasteiger partial charge in [-0.1, -0.05) is 26.0 Å². The molecule has 1 aromatic carbocycles. The Kier molecular flexibility index (Phi) is 5.12. The number of esters is 1. The zero-order chi connectivity index (χ0) is 12.8. The lowest BCUT2D eigenvalue weighted by Gasteiger charge is -2.14. The van der Waals surface area contributed by atoms with Crippen molar-refractivity contribution in [2.75, 3.05) is 13.7 Å². The number of benzene rings is 1. The molecule has 0 saturated carbocycles.